The number of esters is 1. The summed E-state index contributed by atoms with van der Waals surface area (Å²) < 4.78 is 10.2. The first kappa shape index (κ1) is 12.9. The van der Waals surface area contributed by atoms with Gasteiger partial charge in [0.2, 0.25) is 5.91 Å². The molecule has 1 aliphatic rings. The molecule has 0 spiro atoms. The molecule has 1 aliphatic heterocycles. The van der Waals surface area contributed by atoms with Crippen LogP contribution in [0.5, 0.6) is 0 Å². The van der Waals surface area contributed by atoms with Gasteiger partial charge in [-0.2, -0.15) is 0 Å². The Hall–Kier alpha value is -1.14. The second-order valence-electron chi connectivity index (χ2n) is 3.91. The van der Waals surface area contributed by atoms with Crippen molar-refractivity contribution in [2.45, 2.75) is 51.7 Å². The van der Waals surface area contributed by atoms with E-state index in [4.69, 9.17) is 9.47 Å². The number of nitrogens with one attached hydrogen (secondary N) is 1. The van der Waals surface area contributed by atoms with Gasteiger partial charge in [-0.25, -0.2) is 0 Å². The molecular formula is C10H17NO5. The molecule has 92 valence electrons. The molecule has 1 amide bonds. The molecule has 4 atom stereocenters. The average molecular weight is 231 g/mol. The highest BCUT2D eigenvalue weighted by atomic mass is 16.6. The monoisotopic (exact) mass is 231 g/mol. The number of ether oxygens (including phenoxy) is 2. The molecular weight excluding hydrogens is 214 g/mol. The van der Waals surface area contributed by atoms with E-state index in [1.807, 2.05) is 0 Å². The largest absolute Gasteiger partial charge is 0.458 e. The van der Waals surface area contributed by atoms with Gasteiger partial charge in [0.1, 0.15) is 6.10 Å². The van der Waals surface area contributed by atoms with Crippen LogP contribution in [0.25, 0.3) is 0 Å². The fourth-order valence-electron chi connectivity index (χ4n) is 1.83. The molecule has 1 rings (SSSR count). The smallest absolute Gasteiger partial charge is 0.303 e. The summed E-state index contributed by atoms with van der Waals surface area (Å²) in [5.41, 5.74) is 0. The first-order valence-corrected chi connectivity index (χ1v) is 5.18. The Bertz CT molecular complexity index is 280. The van der Waals surface area contributed by atoms with Gasteiger partial charge in [-0.15, -0.1) is 0 Å². The van der Waals surface area contributed by atoms with E-state index in [1.165, 1.54) is 13.8 Å². The topological polar surface area (TPSA) is 84.9 Å². The Morgan fingerprint density at radius 3 is 2.56 bits per heavy atom. The molecule has 1 unspecified atom stereocenters. The normalized spacial score (nSPS) is 34.2. The lowest BCUT2D eigenvalue weighted by molar-refractivity contribution is -0.214. The van der Waals surface area contributed by atoms with Crippen molar-refractivity contribution in [3.63, 3.8) is 0 Å². The third-order valence-corrected chi connectivity index (χ3v) is 2.38. The molecule has 2 N–H and O–H groups in total. The Kier molecular flexibility index (Phi) is 4.26. The Morgan fingerprint density at radius 1 is 1.44 bits per heavy atom. The quantitative estimate of drug-likeness (QED) is 0.629. The number of hydrogen-bond donors (Lipinski definition) is 2. The number of rotatable bonds is 2. The number of aliphatic hydroxyl groups excluding tert-OH is 1. The lowest BCUT2D eigenvalue weighted by Crippen LogP contribution is -2.56. The molecule has 0 radical (unpaired) electrons. The lowest BCUT2D eigenvalue weighted by atomic mass is 9.99. The molecule has 6 nitrogen and oxygen atoms in total. The van der Waals surface area contributed by atoms with E-state index in [2.05, 4.69) is 5.32 Å². The van der Waals surface area contributed by atoms with Crippen LogP contribution in [0, 0.1) is 0 Å². The molecule has 1 saturated heterocycles. The van der Waals surface area contributed by atoms with Crippen molar-refractivity contribution in [2.24, 2.45) is 0 Å². The first-order chi connectivity index (χ1) is 7.40. The summed E-state index contributed by atoms with van der Waals surface area (Å²) in [4.78, 5) is 21.9. The summed E-state index contributed by atoms with van der Waals surface area (Å²) >= 11 is 0. The number of amides is 1. The zero-order valence-electron chi connectivity index (χ0n) is 9.60. The molecule has 0 aliphatic carbocycles. The molecule has 0 saturated carbocycles. The first-order valence-electron chi connectivity index (χ1n) is 5.18. The molecule has 0 bridgehead atoms. The Balaban J connectivity index is 2.71. The second-order valence-corrected chi connectivity index (χ2v) is 3.91. The highest BCUT2D eigenvalue weighted by molar-refractivity contribution is 5.73. The van der Waals surface area contributed by atoms with Crippen LogP contribution in [0.2, 0.25) is 0 Å². The Labute approximate surface area is 93.9 Å². The van der Waals surface area contributed by atoms with Crippen molar-refractivity contribution in [2.75, 3.05) is 0 Å². The molecule has 6 heteroatoms. The zero-order chi connectivity index (χ0) is 12.3. The van der Waals surface area contributed by atoms with E-state index in [0.717, 1.165) is 0 Å². The molecule has 0 aromatic heterocycles. The number of carbonyl (C=O) groups excluding carboxylic acids is 2. The minimum atomic E-state index is -0.946. The number of hydrogen-bond acceptors (Lipinski definition) is 5. The van der Waals surface area contributed by atoms with E-state index >= 15 is 0 Å². The predicted molar refractivity (Wildman–Crippen MR) is 54.3 cm³/mol. The van der Waals surface area contributed by atoms with Crippen molar-refractivity contribution in [3.05, 3.63) is 0 Å². The van der Waals surface area contributed by atoms with E-state index in [-0.39, 0.29) is 12.3 Å². The summed E-state index contributed by atoms with van der Waals surface area (Å²) in [5, 5.41) is 12.0. The third-order valence-electron chi connectivity index (χ3n) is 2.38. The van der Waals surface area contributed by atoms with Gasteiger partial charge in [-0.05, 0) is 6.92 Å². The van der Waals surface area contributed by atoms with Crippen LogP contribution < -0.4 is 5.32 Å². The van der Waals surface area contributed by atoms with Crippen LogP contribution in [0.3, 0.4) is 0 Å². The molecule has 1 fully saturated rings. The van der Waals surface area contributed by atoms with Crippen LogP contribution in [0.4, 0.5) is 0 Å². The molecule has 0 aromatic carbocycles. The highest BCUT2D eigenvalue weighted by Crippen LogP contribution is 2.21. The SMILES string of the molecule is CC(=O)N[C@@H]1CC(O)O[C@H](C)[C@@H]1OC(C)=O. The van der Waals surface area contributed by atoms with Crippen LogP contribution in [-0.2, 0) is 19.1 Å². The van der Waals surface area contributed by atoms with Crippen LogP contribution >= 0.6 is 0 Å². The maximum atomic E-state index is 11.0. The van der Waals surface area contributed by atoms with Gasteiger partial charge in [0, 0.05) is 20.3 Å². The Morgan fingerprint density at radius 2 is 2.06 bits per heavy atom. The molecule has 0 aromatic rings. The van der Waals surface area contributed by atoms with Crippen molar-refractivity contribution < 1.29 is 24.2 Å². The van der Waals surface area contributed by atoms with Gasteiger partial charge in [0.15, 0.2) is 6.29 Å². The van der Waals surface area contributed by atoms with Crippen molar-refractivity contribution in [1.29, 1.82) is 0 Å². The summed E-state index contributed by atoms with van der Waals surface area (Å²) in [7, 11) is 0. The van der Waals surface area contributed by atoms with E-state index in [9.17, 15) is 14.7 Å². The van der Waals surface area contributed by atoms with E-state index in [1.54, 1.807) is 6.92 Å². The maximum absolute atomic E-state index is 11.0. The predicted octanol–water partition coefficient (Wildman–Crippen LogP) is -0.450. The minimum absolute atomic E-state index is 0.210. The summed E-state index contributed by atoms with van der Waals surface area (Å²) in [6.45, 7) is 4.35. The van der Waals surface area contributed by atoms with Crippen molar-refractivity contribution >= 4 is 11.9 Å². The maximum Gasteiger partial charge on any atom is 0.303 e. The van der Waals surface area contributed by atoms with Gasteiger partial charge in [-0.1, -0.05) is 0 Å². The zero-order valence-corrected chi connectivity index (χ0v) is 9.60. The van der Waals surface area contributed by atoms with Crippen LogP contribution in [0.15, 0.2) is 0 Å². The molecule has 16 heavy (non-hydrogen) atoms. The standard InChI is InChI=1S/C10H17NO5/c1-5-10(16-7(3)13)8(11-6(2)12)4-9(14)15-5/h5,8-10,14H,4H2,1-3H3,(H,11,12)/t5-,8-,9?,10+/m1/s1. The van der Waals surface area contributed by atoms with Gasteiger partial charge < -0.3 is 19.9 Å². The summed E-state index contributed by atoms with van der Waals surface area (Å²) in [6.07, 6.45) is -1.75. The highest BCUT2D eigenvalue weighted by Gasteiger charge is 2.38. The van der Waals surface area contributed by atoms with Gasteiger partial charge in [-0.3, -0.25) is 9.59 Å². The lowest BCUT2D eigenvalue weighted by Gasteiger charge is -2.38. The summed E-state index contributed by atoms with van der Waals surface area (Å²) in [5.74, 6) is -0.671. The van der Waals surface area contributed by atoms with E-state index < -0.39 is 30.5 Å². The van der Waals surface area contributed by atoms with E-state index in [0.29, 0.717) is 0 Å². The second kappa shape index (κ2) is 5.27. The van der Waals surface area contributed by atoms with Crippen molar-refractivity contribution in [3.8, 4) is 0 Å². The van der Waals surface area contributed by atoms with Gasteiger partial charge in [0.25, 0.3) is 0 Å². The van der Waals surface area contributed by atoms with Crippen LogP contribution in [0.1, 0.15) is 27.2 Å². The van der Waals surface area contributed by atoms with Crippen LogP contribution in [-0.4, -0.2) is 41.5 Å². The van der Waals surface area contributed by atoms with Crippen molar-refractivity contribution in [1.82, 2.24) is 5.32 Å². The fraction of sp³-hybridized carbons (Fsp3) is 0.800. The fourth-order valence-corrected chi connectivity index (χ4v) is 1.83. The van der Waals surface area contributed by atoms with Gasteiger partial charge in [0.05, 0.1) is 12.1 Å². The third kappa shape index (κ3) is 3.46. The number of carbonyl (C=O) groups is 2. The number of aliphatic hydroxyl groups is 1. The van der Waals surface area contributed by atoms with Gasteiger partial charge >= 0.3 is 5.97 Å². The summed E-state index contributed by atoms with van der Waals surface area (Å²) in [6, 6.07) is -0.417. The average Bonchev–Trinajstić information content (AvgIpc) is 2.09. The minimum Gasteiger partial charge on any atom is -0.458 e. The molecule has 1 heterocycles.